The lowest BCUT2D eigenvalue weighted by atomic mass is 9.97. The molecule has 0 radical (unpaired) electrons. The van der Waals surface area contributed by atoms with Crippen LogP contribution in [0.4, 0.5) is 5.69 Å². The Balaban J connectivity index is 3.09. The number of nitro groups is 1. The van der Waals surface area contributed by atoms with Crippen molar-refractivity contribution in [2.45, 2.75) is 26.3 Å². The maximum absolute atomic E-state index is 10.7. The van der Waals surface area contributed by atoms with Crippen molar-refractivity contribution >= 4 is 5.69 Å². The number of nitrogens with two attached hydrogens (primary N) is 1. The SMILES string of the molecule is COc1ccc([N+](=O)[O-])cc1C(N)CC(C)C. The van der Waals surface area contributed by atoms with Gasteiger partial charge < -0.3 is 10.5 Å². The summed E-state index contributed by atoms with van der Waals surface area (Å²) in [6.07, 6.45) is 0.761. The van der Waals surface area contributed by atoms with Gasteiger partial charge in [0.1, 0.15) is 5.75 Å². The molecule has 0 saturated heterocycles. The normalized spacial score (nSPS) is 12.5. The van der Waals surface area contributed by atoms with Gasteiger partial charge in [-0.3, -0.25) is 10.1 Å². The first-order chi connectivity index (χ1) is 7.95. The Morgan fingerprint density at radius 2 is 2.12 bits per heavy atom. The van der Waals surface area contributed by atoms with Crippen molar-refractivity contribution in [1.82, 2.24) is 0 Å². The molecule has 0 spiro atoms. The molecule has 0 heterocycles. The average molecular weight is 238 g/mol. The van der Waals surface area contributed by atoms with E-state index in [1.807, 2.05) is 0 Å². The van der Waals surface area contributed by atoms with Gasteiger partial charge in [-0.05, 0) is 18.4 Å². The smallest absolute Gasteiger partial charge is 0.270 e. The standard InChI is InChI=1S/C12H18N2O3/c1-8(2)6-11(13)10-7-9(14(15)16)4-5-12(10)17-3/h4-5,7-8,11H,6,13H2,1-3H3. The first-order valence-electron chi connectivity index (χ1n) is 5.53. The third kappa shape index (κ3) is 3.42. The van der Waals surface area contributed by atoms with Crippen molar-refractivity contribution in [2.24, 2.45) is 11.7 Å². The van der Waals surface area contributed by atoms with Crippen molar-refractivity contribution in [3.8, 4) is 5.75 Å². The van der Waals surface area contributed by atoms with Gasteiger partial charge in [0.2, 0.25) is 0 Å². The highest BCUT2D eigenvalue weighted by Crippen LogP contribution is 2.31. The molecule has 1 aromatic carbocycles. The molecule has 5 heteroatoms. The Kier molecular flexibility index (Phi) is 4.45. The maximum Gasteiger partial charge on any atom is 0.270 e. The molecule has 0 amide bonds. The van der Waals surface area contributed by atoms with Crippen LogP contribution < -0.4 is 10.5 Å². The summed E-state index contributed by atoms with van der Waals surface area (Å²) in [5.41, 5.74) is 6.77. The molecule has 2 N–H and O–H groups in total. The van der Waals surface area contributed by atoms with Crippen LogP contribution in [0.2, 0.25) is 0 Å². The van der Waals surface area contributed by atoms with Gasteiger partial charge in [0.05, 0.1) is 12.0 Å². The number of ether oxygens (including phenoxy) is 1. The fraction of sp³-hybridized carbons (Fsp3) is 0.500. The summed E-state index contributed by atoms with van der Waals surface area (Å²) in [6, 6.07) is 4.26. The minimum atomic E-state index is -0.426. The van der Waals surface area contributed by atoms with Crippen molar-refractivity contribution in [1.29, 1.82) is 0 Å². The van der Waals surface area contributed by atoms with E-state index in [-0.39, 0.29) is 11.7 Å². The molecule has 5 nitrogen and oxygen atoms in total. The summed E-state index contributed by atoms with van der Waals surface area (Å²) in [6.45, 7) is 4.12. The van der Waals surface area contributed by atoms with Crippen LogP contribution in [0.5, 0.6) is 5.75 Å². The summed E-state index contributed by atoms with van der Waals surface area (Å²) in [5, 5.41) is 10.7. The molecular formula is C12H18N2O3. The lowest BCUT2D eigenvalue weighted by Crippen LogP contribution is -2.14. The largest absolute Gasteiger partial charge is 0.496 e. The van der Waals surface area contributed by atoms with Gasteiger partial charge in [0, 0.05) is 23.7 Å². The number of nitro benzene ring substituents is 1. The third-order valence-corrected chi connectivity index (χ3v) is 2.55. The molecular weight excluding hydrogens is 220 g/mol. The number of benzene rings is 1. The number of non-ortho nitro benzene ring substituents is 1. The zero-order valence-electron chi connectivity index (χ0n) is 10.3. The fourth-order valence-corrected chi connectivity index (χ4v) is 1.76. The topological polar surface area (TPSA) is 78.4 Å². The Bertz CT molecular complexity index is 405. The highest BCUT2D eigenvalue weighted by molar-refractivity contribution is 5.45. The van der Waals surface area contributed by atoms with Gasteiger partial charge in [-0.1, -0.05) is 13.8 Å². The van der Waals surface area contributed by atoms with Crippen LogP contribution in [0, 0.1) is 16.0 Å². The Hall–Kier alpha value is -1.62. The molecule has 1 unspecified atom stereocenters. The molecule has 0 aliphatic rings. The lowest BCUT2D eigenvalue weighted by molar-refractivity contribution is -0.385. The number of hydrogen-bond donors (Lipinski definition) is 1. The number of hydrogen-bond acceptors (Lipinski definition) is 4. The van der Waals surface area contributed by atoms with Crippen molar-refractivity contribution < 1.29 is 9.66 Å². The van der Waals surface area contributed by atoms with Crippen LogP contribution in [0.15, 0.2) is 18.2 Å². The van der Waals surface area contributed by atoms with Gasteiger partial charge >= 0.3 is 0 Å². The predicted molar refractivity (Wildman–Crippen MR) is 66.0 cm³/mol. The van der Waals surface area contributed by atoms with E-state index >= 15 is 0 Å². The van der Waals surface area contributed by atoms with Crippen molar-refractivity contribution in [2.75, 3.05) is 7.11 Å². The van der Waals surface area contributed by atoms with E-state index < -0.39 is 4.92 Å². The van der Waals surface area contributed by atoms with Crippen LogP contribution in [-0.4, -0.2) is 12.0 Å². The third-order valence-electron chi connectivity index (χ3n) is 2.55. The minimum absolute atomic E-state index is 0.0417. The summed E-state index contributed by atoms with van der Waals surface area (Å²) >= 11 is 0. The Labute approximate surface area is 101 Å². The summed E-state index contributed by atoms with van der Waals surface area (Å²) in [7, 11) is 1.53. The molecule has 1 rings (SSSR count). The van der Waals surface area contributed by atoms with E-state index in [1.54, 1.807) is 6.07 Å². The lowest BCUT2D eigenvalue weighted by Gasteiger charge is -2.17. The number of nitrogens with zero attached hydrogens (tertiary/aromatic N) is 1. The molecule has 94 valence electrons. The quantitative estimate of drug-likeness (QED) is 0.631. The van der Waals surface area contributed by atoms with Crippen molar-refractivity contribution in [3.63, 3.8) is 0 Å². The maximum atomic E-state index is 10.7. The van der Waals surface area contributed by atoms with Crippen molar-refractivity contribution in [3.05, 3.63) is 33.9 Å². The molecule has 0 fully saturated rings. The van der Waals surface area contributed by atoms with Gasteiger partial charge in [-0.2, -0.15) is 0 Å². The van der Waals surface area contributed by atoms with Crippen LogP contribution >= 0.6 is 0 Å². The average Bonchev–Trinajstić information content (AvgIpc) is 2.27. The van der Waals surface area contributed by atoms with Gasteiger partial charge in [0.15, 0.2) is 0 Å². The summed E-state index contributed by atoms with van der Waals surface area (Å²) in [4.78, 5) is 10.3. The summed E-state index contributed by atoms with van der Waals surface area (Å²) in [5.74, 6) is 1.03. The van der Waals surface area contributed by atoms with Crippen LogP contribution in [0.3, 0.4) is 0 Å². The molecule has 0 aliphatic heterocycles. The number of methoxy groups -OCH3 is 1. The molecule has 17 heavy (non-hydrogen) atoms. The van der Waals surface area contributed by atoms with E-state index in [0.717, 1.165) is 6.42 Å². The van der Waals surface area contributed by atoms with Gasteiger partial charge in [0.25, 0.3) is 5.69 Å². The molecule has 1 atom stereocenters. The summed E-state index contributed by atoms with van der Waals surface area (Å²) < 4.78 is 5.18. The second-order valence-corrected chi connectivity index (χ2v) is 4.42. The van der Waals surface area contributed by atoms with Crippen LogP contribution in [0.25, 0.3) is 0 Å². The second-order valence-electron chi connectivity index (χ2n) is 4.42. The van der Waals surface area contributed by atoms with E-state index in [1.165, 1.54) is 19.2 Å². The fourth-order valence-electron chi connectivity index (χ4n) is 1.76. The minimum Gasteiger partial charge on any atom is -0.496 e. The first kappa shape index (κ1) is 13.4. The van der Waals surface area contributed by atoms with E-state index in [0.29, 0.717) is 17.2 Å². The van der Waals surface area contributed by atoms with E-state index in [2.05, 4.69) is 13.8 Å². The highest BCUT2D eigenvalue weighted by atomic mass is 16.6. The van der Waals surface area contributed by atoms with Crippen LogP contribution in [0.1, 0.15) is 31.9 Å². The monoisotopic (exact) mass is 238 g/mol. The predicted octanol–water partition coefficient (Wildman–Crippen LogP) is 2.65. The second kappa shape index (κ2) is 5.63. The van der Waals surface area contributed by atoms with Crippen LogP contribution in [-0.2, 0) is 0 Å². The first-order valence-corrected chi connectivity index (χ1v) is 5.53. The number of rotatable bonds is 5. The van der Waals surface area contributed by atoms with Gasteiger partial charge in [-0.15, -0.1) is 0 Å². The van der Waals surface area contributed by atoms with Gasteiger partial charge in [-0.25, -0.2) is 0 Å². The van der Waals surface area contributed by atoms with E-state index in [9.17, 15) is 10.1 Å². The molecule has 0 aliphatic carbocycles. The zero-order valence-corrected chi connectivity index (χ0v) is 10.3. The zero-order chi connectivity index (χ0) is 13.0. The molecule has 0 saturated carbocycles. The van der Waals surface area contributed by atoms with E-state index in [4.69, 9.17) is 10.5 Å². The molecule has 0 aromatic heterocycles. The Morgan fingerprint density at radius 3 is 2.59 bits per heavy atom. The Morgan fingerprint density at radius 1 is 1.47 bits per heavy atom. The molecule has 1 aromatic rings. The molecule has 0 bridgehead atoms. The highest BCUT2D eigenvalue weighted by Gasteiger charge is 2.17.